The molecule has 1 atom stereocenters. The monoisotopic (exact) mass is 315 g/mol. The van der Waals surface area contributed by atoms with Gasteiger partial charge in [0.05, 0.1) is 6.54 Å². The van der Waals surface area contributed by atoms with E-state index in [2.05, 4.69) is 24.4 Å². The number of nitrogens with one attached hydrogen (secondary N) is 1. The third-order valence-corrected chi connectivity index (χ3v) is 4.11. The van der Waals surface area contributed by atoms with Crippen LogP contribution in [0.4, 0.5) is 0 Å². The molecular formula is C18H18ClNO2. The molecule has 0 saturated heterocycles. The van der Waals surface area contributed by atoms with E-state index in [4.69, 9.17) is 16.3 Å². The number of aryl methyl sites for hydroxylation is 1. The topological polar surface area (TPSA) is 38.3 Å². The standard InChI is InChI=1S/C18H18ClNO2/c1-11-7-13-9-14(10-20-12(2)21)22-18(13)16(8-11)15-5-3-4-6-17(15)19/h3-8,14H,9-10H2,1-2H3,(H,20,21). The van der Waals surface area contributed by atoms with Crippen LogP contribution in [0.1, 0.15) is 18.1 Å². The minimum atomic E-state index is -0.0398. The molecule has 3 rings (SSSR count). The molecule has 0 saturated carbocycles. The first kappa shape index (κ1) is 14.9. The van der Waals surface area contributed by atoms with E-state index < -0.39 is 0 Å². The molecule has 1 unspecified atom stereocenters. The van der Waals surface area contributed by atoms with Crippen LogP contribution in [0.25, 0.3) is 11.1 Å². The zero-order valence-electron chi connectivity index (χ0n) is 12.7. The lowest BCUT2D eigenvalue weighted by Crippen LogP contribution is -2.32. The lowest BCUT2D eigenvalue weighted by atomic mass is 9.98. The van der Waals surface area contributed by atoms with E-state index in [-0.39, 0.29) is 12.0 Å². The van der Waals surface area contributed by atoms with Crippen LogP contribution >= 0.6 is 11.6 Å². The van der Waals surface area contributed by atoms with Crippen LogP contribution in [0, 0.1) is 6.92 Å². The zero-order valence-corrected chi connectivity index (χ0v) is 13.4. The van der Waals surface area contributed by atoms with Gasteiger partial charge < -0.3 is 10.1 Å². The van der Waals surface area contributed by atoms with E-state index in [1.807, 2.05) is 24.3 Å². The summed E-state index contributed by atoms with van der Waals surface area (Å²) >= 11 is 6.34. The van der Waals surface area contributed by atoms with Crippen molar-refractivity contribution in [3.63, 3.8) is 0 Å². The molecule has 22 heavy (non-hydrogen) atoms. The van der Waals surface area contributed by atoms with Crippen LogP contribution in [-0.4, -0.2) is 18.6 Å². The molecule has 2 aromatic carbocycles. The lowest BCUT2D eigenvalue weighted by Gasteiger charge is -2.14. The summed E-state index contributed by atoms with van der Waals surface area (Å²) in [6.45, 7) is 4.11. The summed E-state index contributed by atoms with van der Waals surface area (Å²) < 4.78 is 6.08. The van der Waals surface area contributed by atoms with Gasteiger partial charge in [0.15, 0.2) is 0 Å². The molecule has 1 aliphatic rings. The Labute approximate surface area is 135 Å². The van der Waals surface area contributed by atoms with E-state index in [1.165, 1.54) is 18.1 Å². The van der Waals surface area contributed by atoms with Gasteiger partial charge in [-0.2, -0.15) is 0 Å². The Kier molecular flexibility index (Phi) is 4.08. The molecule has 0 aromatic heterocycles. The van der Waals surface area contributed by atoms with Crippen molar-refractivity contribution < 1.29 is 9.53 Å². The first-order chi connectivity index (χ1) is 10.5. The van der Waals surface area contributed by atoms with Gasteiger partial charge in [-0.05, 0) is 30.2 Å². The molecule has 0 aliphatic carbocycles. The van der Waals surface area contributed by atoms with E-state index in [0.717, 1.165) is 23.3 Å². The number of hydrogen-bond acceptors (Lipinski definition) is 2. The lowest BCUT2D eigenvalue weighted by molar-refractivity contribution is -0.119. The Hall–Kier alpha value is -2.00. The fourth-order valence-electron chi connectivity index (χ4n) is 2.84. The van der Waals surface area contributed by atoms with E-state index in [1.54, 1.807) is 0 Å². The number of fused-ring (bicyclic) bond motifs is 1. The largest absolute Gasteiger partial charge is 0.487 e. The van der Waals surface area contributed by atoms with Gasteiger partial charge in [0.25, 0.3) is 0 Å². The fraction of sp³-hybridized carbons (Fsp3) is 0.278. The first-order valence-electron chi connectivity index (χ1n) is 7.34. The van der Waals surface area contributed by atoms with E-state index in [0.29, 0.717) is 11.6 Å². The number of halogens is 1. The second-order valence-electron chi connectivity index (χ2n) is 5.66. The number of carbonyl (C=O) groups is 1. The summed E-state index contributed by atoms with van der Waals surface area (Å²) in [7, 11) is 0. The normalized spacial score (nSPS) is 16.0. The SMILES string of the molecule is CC(=O)NCC1Cc2cc(C)cc(-c3ccccc3Cl)c2O1. The van der Waals surface area contributed by atoms with Crippen LogP contribution in [0.5, 0.6) is 5.75 Å². The zero-order chi connectivity index (χ0) is 15.7. The summed E-state index contributed by atoms with van der Waals surface area (Å²) in [5.74, 6) is 0.844. The Bertz CT molecular complexity index is 727. The van der Waals surface area contributed by atoms with Crippen molar-refractivity contribution in [2.75, 3.05) is 6.54 Å². The van der Waals surface area contributed by atoms with Crippen molar-refractivity contribution in [2.24, 2.45) is 0 Å². The van der Waals surface area contributed by atoms with Gasteiger partial charge in [-0.3, -0.25) is 4.79 Å². The van der Waals surface area contributed by atoms with E-state index >= 15 is 0 Å². The van der Waals surface area contributed by atoms with Crippen molar-refractivity contribution >= 4 is 17.5 Å². The molecule has 3 nitrogen and oxygen atoms in total. The molecule has 0 bridgehead atoms. The van der Waals surface area contributed by atoms with Gasteiger partial charge in [0, 0.05) is 29.5 Å². The summed E-state index contributed by atoms with van der Waals surface area (Å²) in [5.41, 5.74) is 4.35. The second-order valence-corrected chi connectivity index (χ2v) is 6.07. The summed E-state index contributed by atoms with van der Waals surface area (Å²) in [5, 5.41) is 3.53. The van der Waals surface area contributed by atoms with Crippen LogP contribution in [0.15, 0.2) is 36.4 Å². The van der Waals surface area contributed by atoms with Gasteiger partial charge in [-0.1, -0.05) is 35.9 Å². The van der Waals surface area contributed by atoms with Crippen molar-refractivity contribution in [2.45, 2.75) is 26.4 Å². The van der Waals surface area contributed by atoms with Gasteiger partial charge in [-0.15, -0.1) is 0 Å². The molecule has 0 spiro atoms. The average Bonchev–Trinajstić information content (AvgIpc) is 2.87. The highest BCUT2D eigenvalue weighted by Gasteiger charge is 2.27. The van der Waals surface area contributed by atoms with E-state index in [9.17, 15) is 4.79 Å². The van der Waals surface area contributed by atoms with Gasteiger partial charge in [0.1, 0.15) is 11.9 Å². The number of amides is 1. The van der Waals surface area contributed by atoms with Crippen LogP contribution < -0.4 is 10.1 Å². The minimum absolute atomic E-state index is 0.0260. The third-order valence-electron chi connectivity index (χ3n) is 3.78. The Morgan fingerprint density at radius 1 is 1.32 bits per heavy atom. The molecule has 4 heteroatoms. The van der Waals surface area contributed by atoms with Gasteiger partial charge in [-0.25, -0.2) is 0 Å². The van der Waals surface area contributed by atoms with Crippen LogP contribution in [0.3, 0.4) is 0 Å². The second kappa shape index (κ2) is 6.01. The molecule has 0 radical (unpaired) electrons. The number of carbonyl (C=O) groups excluding carboxylic acids is 1. The molecule has 1 aliphatic heterocycles. The predicted octanol–water partition coefficient (Wildman–Crippen LogP) is 3.76. The Morgan fingerprint density at radius 3 is 2.82 bits per heavy atom. The minimum Gasteiger partial charge on any atom is -0.487 e. The third kappa shape index (κ3) is 2.95. The van der Waals surface area contributed by atoms with Crippen molar-refractivity contribution in [1.29, 1.82) is 0 Å². The molecule has 0 fully saturated rings. The highest BCUT2D eigenvalue weighted by molar-refractivity contribution is 6.33. The molecule has 1 N–H and O–H groups in total. The van der Waals surface area contributed by atoms with Crippen molar-refractivity contribution in [3.8, 4) is 16.9 Å². The molecule has 2 aromatic rings. The van der Waals surface area contributed by atoms with Crippen molar-refractivity contribution in [3.05, 3.63) is 52.5 Å². The molecular weight excluding hydrogens is 298 g/mol. The van der Waals surface area contributed by atoms with Crippen LogP contribution in [-0.2, 0) is 11.2 Å². The average molecular weight is 316 g/mol. The molecule has 114 valence electrons. The summed E-state index contributed by atoms with van der Waals surface area (Å²) in [4.78, 5) is 11.1. The molecule has 1 amide bonds. The Morgan fingerprint density at radius 2 is 2.09 bits per heavy atom. The predicted molar refractivity (Wildman–Crippen MR) is 88.4 cm³/mol. The maximum Gasteiger partial charge on any atom is 0.217 e. The summed E-state index contributed by atoms with van der Waals surface area (Å²) in [6, 6.07) is 12.0. The highest BCUT2D eigenvalue weighted by atomic mass is 35.5. The Balaban J connectivity index is 1.96. The quantitative estimate of drug-likeness (QED) is 0.936. The molecule has 1 heterocycles. The highest BCUT2D eigenvalue weighted by Crippen LogP contribution is 2.42. The fourth-order valence-corrected chi connectivity index (χ4v) is 3.08. The number of ether oxygens (including phenoxy) is 1. The maximum absolute atomic E-state index is 11.1. The number of benzene rings is 2. The summed E-state index contributed by atoms with van der Waals surface area (Å²) in [6.07, 6.45) is 0.774. The van der Waals surface area contributed by atoms with Crippen molar-refractivity contribution in [1.82, 2.24) is 5.32 Å². The smallest absolute Gasteiger partial charge is 0.217 e. The number of rotatable bonds is 3. The number of hydrogen-bond donors (Lipinski definition) is 1. The maximum atomic E-state index is 11.1. The first-order valence-corrected chi connectivity index (χ1v) is 7.72. The van der Waals surface area contributed by atoms with Gasteiger partial charge in [0.2, 0.25) is 5.91 Å². The van der Waals surface area contributed by atoms with Crippen LogP contribution in [0.2, 0.25) is 5.02 Å². The van der Waals surface area contributed by atoms with Gasteiger partial charge >= 0.3 is 0 Å².